The van der Waals surface area contributed by atoms with Crippen molar-refractivity contribution in [1.82, 2.24) is 9.55 Å². The van der Waals surface area contributed by atoms with Gasteiger partial charge in [0.05, 0.1) is 6.61 Å². The molecule has 19 heavy (non-hydrogen) atoms. The molecule has 0 radical (unpaired) electrons. The highest BCUT2D eigenvalue weighted by Crippen LogP contribution is 2.39. The molecular weight excluding hydrogens is 266 g/mol. The Bertz CT molecular complexity index is 505. The summed E-state index contributed by atoms with van der Waals surface area (Å²) in [6, 6.07) is 1.58. The van der Waals surface area contributed by atoms with Gasteiger partial charge in [-0.1, -0.05) is 0 Å². The van der Waals surface area contributed by atoms with Crippen LogP contribution in [0.3, 0.4) is 0 Å². The largest absolute Gasteiger partial charge is 0.393 e. The maximum atomic E-state index is 11.8. The Labute approximate surface area is 114 Å². The van der Waals surface area contributed by atoms with E-state index in [2.05, 4.69) is 17.5 Å². The van der Waals surface area contributed by atoms with Crippen molar-refractivity contribution in [3.8, 4) is 0 Å². The lowest BCUT2D eigenvalue weighted by Crippen LogP contribution is -2.38. The van der Waals surface area contributed by atoms with Gasteiger partial charge in [-0.3, -0.25) is 15.5 Å². The van der Waals surface area contributed by atoms with Crippen LogP contribution in [0.2, 0.25) is 0 Å². The summed E-state index contributed by atoms with van der Waals surface area (Å²) >= 11 is 0. The molecule has 0 amide bonds. The lowest BCUT2D eigenvalue weighted by atomic mass is 10.0. The number of aliphatic hydroxyl groups excluding tert-OH is 1. The summed E-state index contributed by atoms with van der Waals surface area (Å²) in [7, 11) is -0.175. The van der Waals surface area contributed by atoms with Gasteiger partial charge < -0.3 is 15.6 Å². The van der Waals surface area contributed by atoms with Crippen molar-refractivity contribution in [2.24, 2.45) is 0 Å². The van der Waals surface area contributed by atoms with Crippen LogP contribution in [0.25, 0.3) is 0 Å². The number of aromatic nitrogens is 2. The van der Waals surface area contributed by atoms with Crippen LogP contribution in [0.4, 0.5) is 5.82 Å². The standard InChI is InChI=1S/C12H21N3O3S/c1-19(2)8-12(7-16)5-3-10(18-12)15-6-4-9(13)14-11(15)17/h4,6,10,16,19H,3,5,7-8H2,1-2H3,(H2,13,14,17)/t10-,12+/m0/s1. The maximum Gasteiger partial charge on any atom is 0.351 e. The normalized spacial score (nSPS) is 27.5. The molecule has 6 nitrogen and oxygen atoms in total. The van der Waals surface area contributed by atoms with Gasteiger partial charge in [-0.25, -0.2) is 4.79 Å². The Kier molecular flexibility index (Phi) is 4.17. The van der Waals surface area contributed by atoms with E-state index >= 15 is 0 Å². The molecule has 0 aromatic carbocycles. The van der Waals surface area contributed by atoms with Crippen LogP contribution in [0.1, 0.15) is 19.1 Å². The summed E-state index contributed by atoms with van der Waals surface area (Å²) in [5.74, 6) is 1.05. The van der Waals surface area contributed by atoms with Crippen molar-refractivity contribution in [2.75, 3.05) is 30.6 Å². The lowest BCUT2D eigenvalue weighted by Gasteiger charge is -2.30. The smallest absolute Gasteiger partial charge is 0.351 e. The number of rotatable bonds is 4. The SMILES string of the molecule is C[SH](C)C[C@]1(CO)CC[C@@H](n2ccc(N)nc2=O)O1. The van der Waals surface area contributed by atoms with E-state index in [1.54, 1.807) is 12.3 Å². The monoisotopic (exact) mass is 287 g/mol. The van der Waals surface area contributed by atoms with Gasteiger partial charge in [0.25, 0.3) is 0 Å². The van der Waals surface area contributed by atoms with Crippen LogP contribution < -0.4 is 11.4 Å². The molecule has 0 unspecified atom stereocenters. The molecule has 1 aromatic heterocycles. The third-order valence-electron chi connectivity index (χ3n) is 3.29. The molecule has 2 heterocycles. The van der Waals surface area contributed by atoms with Crippen LogP contribution in [0.5, 0.6) is 0 Å². The summed E-state index contributed by atoms with van der Waals surface area (Å²) in [6.07, 6.45) is 7.01. The number of nitrogens with two attached hydrogens (primary N) is 1. The molecule has 3 N–H and O–H groups in total. The summed E-state index contributed by atoms with van der Waals surface area (Å²) in [5.41, 5.74) is 4.55. The average molecular weight is 287 g/mol. The van der Waals surface area contributed by atoms with Crippen molar-refractivity contribution >= 4 is 16.7 Å². The highest BCUT2D eigenvalue weighted by atomic mass is 32.2. The first kappa shape index (κ1) is 14.4. The molecule has 1 fully saturated rings. The average Bonchev–Trinajstić information content (AvgIpc) is 2.73. The predicted molar refractivity (Wildman–Crippen MR) is 77.8 cm³/mol. The van der Waals surface area contributed by atoms with Gasteiger partial charge in [0.1, 0.15) is 17.6 Å². The molecule has 0 bridgehead atoms. The van der Waals surface area contributed by atoms with E-state index in [4.69, 9.17) is 10.5 Å². The topological polar surface area (TPSA) is 90.4 Å². The molecule has 1 saturated heterocycles. The number of nitrogen functional groups attached to an aromatic ring is 1. The second-order valence-corrected chi connectivity index (χ2v) is 7.71. The summed E-state index contributed by atoms with van der Waals surface area (Å²) in [4.78, 5) is 15.5. The second-order valence-electron chi connectivity index (χ2n) is 5.23. The van der Waals surface area contributed by atoms with Crippen LogP contribution in [-0.4, -0.2) is 45.1 Å². The van der Waals surface area contributed by atoms with Gasteiger partial charge in [-0.15, -0.1) is 0 Å². The van der Waals surface area contributed by atoms with Gasteiger partial charge in [0, 0.05) is 11.9 Å². The third kappa shape index (κ3) is 3.10. The highest BCUT2D eigenvalue weighted by Gasteiger charge is 2.41. The summed E-state index contributed by atoms with van der Waals surface area (Å²) < 4.78 is 7.41. The molecule has 108 valence electrons. The summed E-state index contributed by atoms with van der Waals surface area (Å²) in [5, 5.41) is 9.61. The fraction of sp³-hybridized carbons (Fsp3) is 0.667. The zero-order valence-electron chi connectivity index (χ0n) is 11.2. The van der Waals surface area contributed by atoms with Gasteiger partial charge >= 0.3 is 5.69 Å². The van der Waals surface area contributed by atoms with Crippen LogP contribution in [0.15, 0.2) is 17.1 Å². The molecule has 1 aliphatic heterocycles. The van der Waals surface area contributed by atoms with E-state index < -0.39 is 11.3 Å². The van der Waals surface area contributed by atoms with E-state index in [1.807, 2.05) is 0 Å². The maximum absolute atomic E-state index is 11.8. The van der Waals surface area contributed by atoms with E-state index in [9.17, 15) is 9.90 Å². The van der Waals surface area contributed by atoms with Gasteiger partial charge in [-0.2, -0.15) is 4.98 Å². The molecule has 7 heteroatoms. The van der Waals surface area contributed by atoms with Gasteiger partial charge in [0.15, 0.2) is 0 Å². The van der Waals surface area contributed by atoms with E-state index in [0.717, 1.165) is 12.2 Å². The number of hydrogen-bond acceptors (Lipinski definition) is 5. The first-order valence-corrected chi connectivity index (χ1v) is 8.66. The van der Waals surface area contributed by atoms with Crippen LogP contribution >= 0.6 is 10.9 Å². The fourth-order valence-corrected chi connectivity index (χ4v) is 3.98. The number of ether oxygens (including phenoxy) is 1. The molecular formula is C12H21N3O3S. The van der Waals surface area contributed by atoms with Crippen molar-refractivity contribution in [1.29, 1.82) is 0 Å². The highest BCUT2D eigenvalue weighted by molar-refractivity contribution is 8.15. The number of anilines is 1. The van der Waals surface area contributed by atoms with E-state index in [0.29, 0.717) is 6.42 Å². The van der Waals surface area contributed by atoms with Crippen molar-refractivity contribution in [3.05, 3.63) is 22.7 Å². The molecule has 0 saturated carbocycles. The Balaban J connectivity index is 2.19. The Morgan fingerprint density at radius 3 is 3.00 bits per heavy atom. The molecule has 0 aliphatic carbocycles. The Morgan fingerprint density at radius 2 is 2.42 bits per heavy atom. The van der Waals surface area contributed by atoms with Crippen molar-refractivity contribution in [2.45, 2.75) is 24.7 Å². The van der Waals surface area contributed by atoms with E-state index in [-0.39, 0.29) is 29.5 Å². The van der Waals surface area contributed by atoms with Crippen molar-refractivity contribution < 1.29 is 9.84 Å². The molecule has 1 aliphatic rings. The fourth-order valence-electron chi connectivity index (χ4n) is 2.49. The number of nitrogens with zero attached hydrogens (tertiary/aromatic N) is 2. The molecule has 0 spiro atoms. The zero-order chi connectivity index (χ0) is 14.0. The minimum atomic E-state index is -0.513. The third-order valence-corrected chi connectivity index (χ3v) is 4.50. The second kappa shape index (κ2) is 5.52. The number of aliphatic hydroxyl groups is 1. The van der Waals surface area contributed by atoms with Crippen molar-refractivity contribution in [3.63, 3.8) is 0 Å². The Morgan fingerprint density at radius 1 is 1.68 bits per heavy atom. The van der Waals surface area contributed by atoms with Crippen LogP contribution in [0, 0.1) is 0 Å². The molecule has 2 atom stereocenters. The first-order valence-electron chi connectivity index (χ1n) is 6.24. The quantitative estimate of drug-likeness (QED) is 0.685. The molecule has 1 aromatic rings. The minimum Gasteiger partial charge on any atom is -0.393 e. The van der Waals surface area contributed by atoms with Crippen LogP contribution in [-0.2, 0) is 4.74 Å². The number of hydrogen-bond donors (Lipinski definition) is 3. The first-order chi connectivity index (χ1) is 8.96. The predicted octanol–water partition coefficient (Wildman–Crippen LogP) is 0.126. The van der Waals surface area contributed by atoms with Gasteiger partial charge in [-0.05, 0) is 31.4 Å². The zero-order valence-corrected chi connectivity index (χ0v) is 12.1. The van der Waals surface area contributed by atoms with Gasteiger partial charge in [0.2, 0.25) is 0 Å². The molecule has 2 rings (SSSR count). The van der Waals surface area contributed by atoms with E-state index in [1.165, 1.54) is 4.57 Å². The minimum absolute atomic E-state index is 0.0127. The Hall–Kier alpha value is -1.05. The number of thiol groups is 1. The summed E-state index contributed by atoms with van der Waals surface area (Å²) in [6.45, 7) is -0.0127. The lowest BCUT2D eigenvalue weighted by molar-refractivity contribution is -0.0852.